The summed E-state index contributed by atoms with van der Waals surface area (Å²) in [5.41, 5.74) is 9.99. The summed E-state index contributed by atoms with van der Waals surface area (Å²) in [5.74, 6) is 4.58. The SMILES string of the molecule is C1=CCC(c2ccc(C3N=C(C4=CC=CC(c5ncc(C6C=CCCC6)cc5-c5ccccc5)C4)N=C(C4=CCC(C5CCCCC5)CC4)N3)cc2)C=C1. The van der Waals surface area contributed by atoms with Crippen molar-refractivity contribution in [3.05, 3.63) is 161 Å². The molecule has 0 bridgehead atoms. The van der Waals surface area contributed by atoms with Crippen molar-refractivity contribution in [3.8, 4) is 11.1 Å². The Morgan fingerprint density at radius 3 is 2.28 bits per heavy atom. The Hall–Kier alpha value is -4.83. The van der Waals surface area contributed by atoms with Gasteiger partial charge in [0, 0.05) is 29.5 Å². The zero-order valence-corrected chi connectivity index (χ0v) is 31.6. The van der Waals surface area contributed by atoms with E-state index in [0.717, 1.165) is 48.5 Å². The summed E-state index contributed by atoms with van der Waals surface area (Å²) in [7, 11) is 0. The molecule has 4 heteroatoms. The lowest BCUT2D eigenvalue weighted by molar-refractivity contribution is 0.232. The summed E-state index contributed by atoms with van der Waals surface area (Å²) in [6.07, 6.45) is 40.9. The highest BCUT2D eigenvalue weighted by molar-refractivity contribution is 6.13. The molecule has 1 N–H and O–H groups in total. The van der Waals surface area contributed by atoms with Gasteiger partial charge in [0.2, 0.25) is 0 Å². The van der Waals surface area contributed by atoms with Crippen LogP contribution in [0, 0.1) is 11.8 Å². The summed E-state index contributed by atoms with van der Waals surface area (Å²) in [5, 5.41) is 3.82. The van der Waals surface area contributed by atoms with Crippen molar-refractivity contribution in [2.45, 2.75) is 107 Å². The van der Waals surface area contributed by atoms with Crippen molar-refractivity contribution in [1.29, 1.82) is 0 Å². The summed E-state index contributed by atoms with van der Waals surface area (Å²) < 4.78 is 0. The lowest BCUT2D eigenvalue weighted by Crippen LogP contribution is -2.35. The van der Waals surface area contributed by atoms with Gasteiger partial charge < -0.3 is 5.32 Å². The smallest absolute Gasteiger partial charge is 0.155 e. The maximum absolute atomic E-state index is 5.37. The van der Waals surface area contributed by atoms with Gasteiger partial charge in [-0.1, -0.05) is 147 Å². The number of allylic oxidation sites excluding steroid dienone is 10. The number of nitrogens with zero attached hydrogens (tertiary/aromatic N) is 3. The molecule has 274 valence electrons. The molecule has 0 amide bonds. The van der Waals surface area contributed by atoms with Crippen LogP contribution in [0.5, 0.6) is 0 Å². The number of rotatable bonds is 8. The highest BCUT2D eigenvalue weighted by Crippen LogP contribution is 2.41. The molecule has 5 unspecified atom stereocenters. The Morgan fingerprint density at radius 1 is 0.648 bits per heavy atom. The predicted molar refractivity (Wildman–Crippen MR) is 225 cm³/mol. The van der Waals surface area contributed by atoms with E-state index >= 15 is 0 Å². The van der Waals surface area contributed by atoms with E-state index in [1.807, 2.05) is 0 Å². The van der Waals surface area contributed by atoms with Crippen LogP contribution in [0.15, 0.2) is 149 Å². The largest absolute Gasteiger partial charge is 0.344 e. The highest BCUT2D eigenvalue weighted by Gasteiger charge is 2.30. The summed E-state index contributed by atoms with van der Waals surface area (Å²) in [6, 6.07) is 22.4. The van der Waals surface area contributed by atoms with Crippen molar-refractivity contribution < 1.29 is 0 Å². The van der Waals surface area contributed by atoms with E-state index < -0.39 is 0 Å². The maximum atomic E-state index is 5.37. The molecule has 1 aromatic heterocycles. The molecule has 5 aliphatic carbocycles. The van der Waals surface area contributed by atoms with Crippen LogP contribution in [0.25, 0.3) is 11.1 Å². The first-order chi connectivity index (χ1) is 26.7. The van der Waals surface area contributed by atoms with E-state index in [2.05, 4.69) is 133 Å². The van der Waals surface area contributed by atoms with Gasteiger partial charge in [-0.2, -0.15) is 0 Å². The molecule has 9 rings (SSSR count). The third kappa shape index (κ3) is 7.71. The summed E-state index contributed by atoms with van der Waals surface area (Å²) >= 11 is 0. The van der Waals surface area contributed by atoms with Crippen molar-refractivity contribution in [2.75, 3.05) is 0 Å². The number of aromatic nitrogens is 1. The Kier molecular flexibility index (Phi) is 10.5. The Morgan fingerprint density at radius 2 is 1.50 bits per heavy atom. The topological polar surface area (TPSA) is 49.6 Å². The first kappa shape index (κ1) is 34.9. The molecule has 0 radical (unpaired) electrons. The number of nitrogens with one attached hydrogen (secondary N) is 1. The lowest BCUT2D eigenvalue weighted by atomic mass is 9.74. The molecule has 4 nitrogen and oxygen atoms in total. The molecule has 1 fully saturated rings. The average Bonchev–Trinajstić information content (AvgIpc) is 3.27. The molecule has 1 aliphatic heterocycles. The minimum absolute atomic E-state index is 0.132. The molecule has 2 aromatic carbocycles. The minimum atomic E-state index is -0.189. The van der Waals surface area contributed by atoms with Gasteiger partial charge in [-0.25, -0.2) is 9.98 Å². The molecule has 0 spiro atoms. The number of hydrogen-bond donors (Lipinski definition) is 1. The molecular weight excluding hydrogens is 657 g/mol. The quantitative estimate of drug-likeness (QED) is 0.237. The van der Waals surface area contributed by atoms with Gasteiger partial charge in [-0.05, 0) is 103 Å². The van der Waals surface area contributed by atoms with Crippen LogP contribution >= 0.6 is 0 Å². The zero-order valence-electron chi connectivity index (χ0n) is 31.6. The number of hydrogen-bond acceptors (Lipinski definition) is 4. The third-order valence-electron chi connectivity index (χ3n) is 12.9. The van der Waals surface area contributed by atoms with Gasteiger partial charge in [0.1, 0.15) is 12.0 Å². The second-order valence-corrected chi connectivity index (χ2v) is 16.4. The molecule has 5 atom stereocenters. The third-order valence-corrected chi connectivity index (χ3v) is 12.9. The Balaban J connectivity index is 1.02. The van der Waals surface area contributed by atoms with E-state index in [4.69, 9.17) is 15.0 Å². The van der Waals surface area contributed by atoms with Crippen molar-refractivity contribution in [1.82, 2.24) is 10.3 Å². The van der Waals surface area contributed by atoms with Crippen molar-refractivity contribution in [3.63, 3.8) is 0 Å². The van der Waals surface area contributed by atoms with E-state index in [0.29, 0.717) is 11.8 Å². The highest BCUT2D eigenvalue weighted by atomic mass is 15.2. The number of aliphatic imine (C=N–C) groups is 2. The van der Waals surface area contributed by atoms with Gasteiger partial charge in [-0.15, -0.1) is 0 Å². The summed E-state index contributed by atoms with van der Waals surface area (Å²) in [6.45, 7) is 0. The van der Waals surface area contributed by atoms with Crippen molar-refractivity contribution >= 4 is 11.7 Å². The van der Waals surface area contributed by atoms with Gasteiger partial charge in [0.05, 0.1) is 5.69 Å². The predicted octanol–water partition coefficient (Wildman–Crippen LogP) is 12.5. The Bertz CT molecular complexity index is 2050. The fourth-order valence-corrected chi connectivity index (χ4v) is 9.75. The molecule has 0 saturated heterocycles. The zero-order chi connectivity index (χ0) is 36.1. The molecule has 2 heterocycles. The van der Waals surface area contributed by atoms with Crippen LogP contribution in [-0.2, 0) is 0 Å². The summed E-state index contributed by atoms with van der Waals surface area (Å²) in [4.78, 5) is 16.0. The van der Waals surface area contributed by atoms with E-state index in [-0.39, 0.29) is 12.1 Å². The lowest BCUT2D eigenvalue weighted by Gasteiger charge is -2.33. The van der Waals surface area contributed by atoms with Crippen LogP contribution in [0.4, 0.5) is 0 Å². The van der Waals surface area contributed by atoms with Crippen LogP contribution in [0.3, 0.4) is 0 Å². The van der Waals surface area contributed by atoms with Gasteiger partial charge in [0.15, 0.2) is 5.84 Å². The van der Waals surface area contributed by atoms with Crippen LogP contribution in [0.2, 0.25) is 0 Å². The fraction of sp³-hybridized carbons (Fsp3) is 0.380. The molecule has 3 aromatic rings. The standard InChI is InChI=1S/C50H54N4/c1-5-14-35(15-6-1)38-24-28-41(29-25-38)48-52-49(42-30-26-39(27-31-42)36-16-7-2-8-17-36)54-50(53-48)44-23-13-22-43(32-44)47-46(40-20-11-4-12-21-40)33-45(34-51-47)37-18-9-3-10-19-37/h1,4-6,9,11-14,18,20-25,28-30,33-37,39,43,48H,2-3,7-8,10,15-17,19,26-27,31-32H2,(H,52,53,54). The van der Waals surface area contributed by atoms with E-state index in [1.165, 1.54) is 103 Å². The van der Waals surface area contributed by atoms with Crippen LogP contribution in [0.1, 0.15) is 130 Å². The Labute approximate surface area is 322 Å². The molecule has 1 saturated carbocycles. The van der Waals surface area contributed by atoms with E-state index in [1.54, 1.807) is 0 Å². The van der Waals surface area contributed by atoms with Gasteiger partial charge in [-0.3, -0.25) is 4.98 Å². The van der Waals surface area contributed by atoms with Gasteiger partial charge in [0.25, 0.3) is 0 Å². The molecule has 6 aliphatic rings. The molecular formula is C50H54N4. The maximum Gasteiger partial charge on any atom is 0.155 e. The monoisotopic (exact) mass is 710 g/mol. The normalized spacial score (nSPS) is 27.1. The molecule has 54 heavy (non-hydrogen) atoms. The minimum Gasteiger partial charge on any atom is -0.344 e. The van der Waals surface area contributed by atoms with Crippen molar-refractivity contribution in [2.24, 2.45) is 21.8 Å². The van der Waals surface area contributed by atoms with Gasteiger partial charge >= 0.3 is 0 Å². The number of pyridine rings is 1. The number of benzene rings is 2. The fourth-order valence-electron chi connectivity index (χ4n) is 9.75. The van der Waals surface area contributed by atoms with E-state index in [9.17, 15) is 0 Å². The average molecular weight is 711 g/mol. The van der Waals surface area contributed by atoms with Crippen LogP contribution < -0.4 is 5.32 Å². The second kappa shape index (κ2) is 16.3. The number of amidine groups is 2. The second-order valence-electron chi connectivity index (χ2n) is 16.4. The van der Waals surface area contributed by atoms with Crippen LogP contribution in [-0.4, -0.2) is 16.7 Å². The first-order valence-corrected chi connectivity index (χ1v) is 20.9. The first-order valence-electron chi connectivity index (χ1n) is 20.9.